The van der Waals surface area contributed by atoms with Crippen LogP contribution in [0.4, 0.5) is 23.3 Å². The van der Waals surface area contributed by atoms with E-state index >= 15 is 0 Å². The summed E-state index contributed by atoms with van der Waals surface area (Å²) in [5.41, 5.74) is 18.1. The monoisotopic (exact) mass is 732 g/mol. The topological polar surface area (TPSA) is 201 Å². The van der Waals surface area contributed by atoms with Gasteiger partial charge in [-0.3, -0.25) is 9.97 Å². The molecule has 0 saturated carbocycles. The third kappa shape index (κ3) is 7.44. The van der Waals surface area contributed by atoms with Crippen molar-refractivity contribution in [2.45, 2.75) is 25.9 Å². The number of aromatic nitrogens is 6. The van der Waals surface area contributed by atoms with E-state index in [4.69, 9.17) is 21.4 Å². The van der Waals surface area contributed by atoms with Gasteiger partial charge in [0.25, 0.3) is 0 Å². The molecule has 2 atom stereocenters. The Labute approximate surface area is 323 Å². The van der Waals surface area contributed by atoms with Crippen LogP contribution in [0, 0.1) is 22.7 Å². The molecule has 0 unspecified atom stereocenters. The summed E-state index contributed by atoms with van der Waals surface area (Å²) in [5.74, 6) is 1.11. The molecule has 0 bridgehead atoms. The number of pyridine rings is 2. The van der Waals surface area contributed by atoms with Crippen molar-refractivity contribution in [2.24, 2.45) is 0 Å². The quantitative estimate of drug-likeness (QED) is 0.116. The van der Waals surface area contributed by atoms with Crippen LogP contribution in [0.3, 0.4) is 0 Å². The van der Waals surface area contributed by atoms with Gasteiger partial charge in [0.15, 0.2) is 0 Å². The Kier molecular flexibility index (Phi) is 10.6. The van der Waals surface area contributed by atoms with Gasteiger partial charge in [-0.2, -0.15) is 10.5 Å². The predicted molar refractivity (Wildman–Crippen MR) is 221 cm³/mol. The minimum absolute atomic E-state index is 0.155. The molecule has 56 heavy (non-hydrogen) atoms. The van der Waals surface area contributed by atoms with E-state index in [0.717, 1.165) is 55.2 Å². The van der Waals surface area contributed by atoms with Crippen molar-refractivity contribution in [1.29, 1.82) is 10.5 Å². The van der Waals surface area contributed by atoms with Crippen LogP contribution in [0.25, 0.3) is 43.8 Å². The maximum atomic E-state index is 9.39. The summed E-state index contributed by atoms with van der Waals surface area (Å²) >= 11 is 0. The number of rotatable bonds is 8. The lowest BCUT2D eigenvalue weighted by Crippen LogP contribution is -2.13. The average molecular weight is 733 g/mol. The largest absolute Gasteiger partial charge is 0.382 e. The number of benzene rings is 4. The molecule has 4 aromatic carbocycles. The molecule has 0 aliphatic carbocycles. The highest BCUT2D eigenvalue weighted by Gasteiger charge is 2.21. The number of hydrogen-bond acceptors (Lipinski definition) is 12. The molecule has 0 radical (unpaired) electrons. The number of nitriles is 2. The Bertz CT molecular complexity index is 2550. The molecule has 8 aromatic rings. The van der Waals surface area contributed by atoms with Crippen LogP contribution in [0.5, 0.6) is 0 Å². The summed E-state index contributed by atoms with van der Waals surface area (Å²) in [5, 5.41) is 29.7. The van der Waals surface area contributed by atoms with Gasteiger partial charge in [0.05, 0.1) is 23.5 Å². The number of nitrogens with zero attached hydrogens (tertiary/aromatic N) is 8. The van der Waals surface area contributed by atoms with E-state index < -0.39 is 0 Å². The first kappa shape index (κ1) is 36.4. The van der Waals surface area contributed by atoms with Crippen LogP contribution < -0.4 is 22.1 Å². The first-order valence-corrected chi connectivity index (χ1v) is 17.8. The van der Waals surface area contributed by atoms with Crippen molar-refractivity contribution in [3.05, 3.63) is 157 Å². The van der Waals surface area contributed by atoms with Gasteiger partial charge in [0.2, 0.25) is 0 Å². The van der Waals surface area contributed by atoms with Crippen molar-refractivity contribution in [3.63, 3.8) is 0 Å². The lowest BCUT2D eigenvalue weighted by atomic mass is 9.95. The SMILES string of the molecule is C[C@@H](Nc1ncnc(N)c1C#N)c1ncc2ccccc2c1-c1ccccc1.C[C@H](Nc1ncnc(N)c1C#N)c1ncc2ccccc2c1-c1ccccc1. The number of nitrogen functional groups attached to an aromatic ring is 2. The van der Waals surface area contributed by atoms with Crippen molar-refractivity contribution in [3.8, 4) is 34.4 Å². The van der Waals surface area contributed by atoms with E-state index in [-0.39, 0.29) is 34.8 Å². The molecule has 0 aliphatic heterocycles. The Morgan fingerprint density at radius 3 is 1.27 bits per heavy atom. The fraction of sp³-hybridized carbons (Fsp3) is 0.0909. The third-order valence-corrected chi connectivity index (χ3v) is 9.29. The minimum Gasteiger partial charge on any atom is -0.382 e. The summed E-state index contributed by atoms with van der Waals surface area (Å²) in [7, 11) is 0. The molecular formula is C44H36N12. The van der Waals surface area contributed by atoms with E-state index in [9.17, 15) is 10.5 Å². The molecule has 12 heteroatoms. The van der Waals surface area contributed by atoms with Gasteiger partial charge in [-0.15, -0.1) is 0 Å². The summed E-state index contributed by atoms with van der Waals surface area (Å²) in [6.45, 7) is 3.98. The zero-order valence-corrected chi connectivity index (χ0v) is 30.6. The van der Waals surface area contributed by atoms with E-state index in [2.05, 4.69) is 91.2 Å². The summed E-state index contributed by atoms with van der Waals surface area (Å²) in [6.07, 6.45) is 6.43. The second-order valence-corrected chi connectivity index (χ2v) is 12.9. The van der Waals surface area contributed by atoms with Crippen molar-refractivity contribution in [1.82, 2.24) is 29.9 Å². The Hall–Kier alpha value is -7.96. The molecule has 0 saturated heterocycles. The fourth-order valence-electron chi connectivity index (χ4n) is 6.62. The molecular weight excluding hydrogens is 697 g/mol. The van der Waals surface area contributed by atoms with Gasteiger partial charge >= 0.3 is 0 Å². The van der Waals surface area contributed by atoms with Gasteiger partial charge in [-0.25, -0.2) is 19.9 Å². The maximum Gasteiger partial charge on any atom is 0.150 e. The Balaban J connectivity index is 0.000000172. The maximum absolute atomic E-state index is 9.39. The molecule has 4 aromatic heterocycles. The number of anilines is 4. The zero-order valence-electron chi connectivity index (χ0n) is 30.6. The second-order valence-electron chi connectivity index (χ2n) is 12.9. The molecule has 6 N–H and O–H groups in total. The first-order valence-electron chi connectivity index (χ1n) is 17.8. The first-order chi connectivity index (χ1) is 27.4. The van der Waals surface area contributed by atoms with E-state index in [0.29, 0.717) is 11.6 Å². The second kappa shape index (κ2) is 16.4. The summed E-state index contributed by atoms with van der Waals surface area (Å²) in [6, 6.07) is 40.4. The molecule has 0 amide bonds. The highest BCUT2D eigenvalue weighted by atomic mass is 15.1. The predicted octanol–water partition coefficient (Wildman–Crippen LogP) is 8.64. The lowest BCUT2D eigenvalue weighted by molar-refractivity contribution is 0.835. The van der Waals surface area contributed by atoms with Gasteiger partial charge in [-0.1, -0.05) is 109 Å². The van der Waals surface area contributed by atoms with Crippen LogP contribution in [-0.2, 0) is 0 Å². The van der Waals surface area contributed by atoms with Crippen LogP contribution in [0.15, 0.2) is 134 Å². The number of fused-ring (bicyclic) bond motifs is 2. The van der Waals surface area contributed by atoms with Crippen LogP contribution in [0.2, 0.25) is 0 Å². The van der Waals surface area contributed by atoms with Crippen LogP contribution >= 0.6 is 0 Å². The zero-order chi connectivity index (χ0) is 39.0. The van der Waals surface area contributed by atoms with Crippen molar-refractivity contribution in [2.75, 3.05) is 22.1 Å². The van der Waals surface area contributed by atoms with Crippen molar-refractivity contribution >= 4 is 44.8 Å². The van der Waals surface area contributed by atoms with Gasteiger partial charge in [0.1, 0.15) is 59.2 Å². The van der Waals surface area contributed by atoms with E-state index in [1.807, 2.05) is 86.9 Å². The number of nitrogens with one attached hydrogen (secondary N) is 2. The van der Waals surface area contributed by atoms with Crippen molar-refractivity contribution < 1.29 is 0 Å². The molecule has 12 nitrogen and oxygen atoms in total. The number of nitrogens with two attached hydrogens (primary N) is 2. The van der Waals surface area contributed by atoms with Gasteiger partial charge < -0.3 is 22.1 Å². The molecule has 8 rings (SSSR count). The number of hydrogen-bond donors (Lipinski definition) is 4. The summed E-state index contributed by atoms with van der Waals surface area (Å²) in [4.78, 5) is 25.6. The lowest BCUT2D eigenvalue weighted by Gasteiger charge is -2.20. The highest BCUT2D eigenvalue weighted by molar-refractivity contribution is 5.98. The minimum atomic E-state index is -0.207. The van der Waals surface area contributed by atoms with Crippen LogP contribution in [-0.4, -0.2) is 29.9 Å². The van der Waals surface area contributed by atoms with Crippen LogP contribution in [0.1, 0.15) is 48.4 Å². The standard InChI is InChI=1S/2C22H18N6/c2*1-14(28-22-18(11-23)21(24)26-13-27-22)20-19(15-7-3-2-4-8-15)17-10-6-5-9-16(17)12-25-20/h2*2-10,12-14H,1H3,(H3,24,26,27,28)/t2*14-/m10/s1. The molecule has 4 heterocycles. The Morgan fingerprint density at radius 2 is 0.875 bits per heavy atom. The average Bonchev–Trinajstić information content (AvgIpc) is 3.24. The fourth-order valence-corrected chi connectivity index (χ4v) is 6.62. The van der Waals surface area contributed by atoms with Gasteiger partial charge in [0, 0.05) is 34.3 Å². The molecule has 272 valence electrons. The van der Waals surface area contributed by atoms with E-state index in [1.165, 1.54) is 12.7 Å². The molecule has 0 aliphatic rings. The molecule has 0 spiro atoms. The van der Waals surface area contributed by atoms with E-state index in [1.54, 1.807) is 0 Å². The molecule has 0 fully saturated rings. The highest BCUT2D eigenvalue weighted by Crippen LogP contribution is 2.37. The smallest absolute Gasteiger partial charge is 0.150 e. The van der Waals surface area contributed by atoms with Gasteiger partial charge in [-0.05, 0) is 35.7 Å². The third-order valence-electron chi connectivity index (χ3n) is 9.29. The Morgan fingerprint density at radius 1 is 0.500 bits per heavy atom. The summed E-state index contributed by atoms with van der Waals surface area (Å²) < 4.78 is 0. The normalized spacial score (nSPS) is 11.7.